The minimum absolute atomic E-state index is 0.0614. The van der Waals surface area contributed by atoms with Crippen molar-refractivity contribution in [3.05, 3.63) is 41.0 Å². The molecule has 0 aliphatic carbocycles. The number of rotatable bonds is 2. The highest BCUT2D eigenvalue weighted by Gasteiger charge is 2.07. The summed E-state index contributed by atoms with van der Waals surface area (Å²) in [6, 6.07) is 2.29. The van der Waals surface area contributed by atoms with Crippen molar-refractivity contribution in [3.8, 4) is 0 Å². The zero-order valence-corrected chi connectivity index (χ0v) is 7.42. The van der Waals surface area contributed by atoms with Crippen molar-refractivity contribution in [2.45, 2.75) is 6.92 Å². The molecule has 74 valence electrons. The predicted octanol–water partition coefficient (Wildman–Crippen LogP) is 2.37. The van der Waals surface area contributed by atoms with Gasteiger partial charge in [0.1, 0.15) is 11.6 Å². The first-order valence-electron chi connectivity index (χ1n) is 3.88. The van der Waals surface area contributed by atoms with Crippen LogP contribution in [0.4, 0.5) is 8.78 Å². The Labute approximate surface area is 79.5 Å². The van der Waals surface area contributed by atoms with E-state index in [1.165, 1.54) is 13.0 Å². The van der Waals surface area contributed by atoms with Gasteiger partial charge < -0.3 is 5.11 Å². The Morgan fingerprint density at radius 2 is 2.07 bits per heavy atom. The molecule has 0 atom stereocenters. The van der Waals surface area contributed by atoms with Crippen LogP contribution in [0.3, 0.4) is 0 Å². The third-order valence-corrected chi connectivity index (χ3v) is 1.76. The molecule has 1 rings (SSSR count). The Hall–Kier alpha value is -1.71. The molecule has 1 aromatic carbocycles. The molecule has 1 aromatic rings. The quantitative estimate of drug-likeness (QED) is 0.740. The van der Waals surface area contributed by atoms with Crippen LogP contribution in [0.25, 0.3) is 6.08 Å². The molecule has 14 heavy (non-hydrogen) atoms. The Balaban J connectivity index is 3.12. The minimum Gasteiger partial charge on any atom is -0.478 e. The fourth-order valence-corrected chi connectivity index (χ4v) is 0.972. The highest BCUT2D eigenvalue weighted by atomic mass is 19.1. The molecule has 0 aliphatic heterocycles. The second-order valence-corrected chi connectivity index (χ2v) is 2.75. The standard InChI is InChI=1S/C10H8F2O2/c1-6-8(11)4-2-7(10(6)12)3-5-9(13)14/h2-5H,1H3,(H,13,14)/b5-3+. The molecule has 1 N–H and O–H groups in total. The zero-order valence-electron chi connectivity index (χ0n) is 7.42. The molecule has 0 saturated heterocycles. The molecule has 0 aromatic heterocycles. The number of carbonyl (C=O) groups is 1. The lowest BCUT2D eigenvalue weighted by Gasteiger charge is -2.01. The summed E-state index contributed by atoms with van der Waals surface area (Å²) in [4.78, 5) is 10.2. The molecular formula is C10H8F2O2. The normalized spacial score (nSPS) is 10.8. The van der Waals surface area contributed by atoms with E-state index in [1.54, 1.807) is 0 Å². The molecule has 0 fully saturated rings. The van der Waals surface area contributed by atoms with E-state index in [1.807, 2.05) is 0 Å². The van der Waals surface area contributed by atoms with Crippen LogP contribution in [-0.4, -0.2) is 11.1 Å². The fourth-order valence-electron chi connectivity index (χ4n) is 0.972. The summed E-state index contributed by atoms with van der Waals surface area (Å²) >= 11 is 0. The Morgan fingerprint density at radius 1 is 1.43 bits per heavy atom. The van der Waals surface area contributed by atoms with Crippen molar-refractivity contribution in [2.24, 2.45) is 0 Å². The topological polar surface area (TPSA) is 37.3 Å². The maximum absolute atomic E-state index is 13.2. The molecular weight excluding hydrogens is 190 g/mol. The van der Waals surface area contributed by atoms with Crippen LogP contribution < -0.4 is 0 Å². The second kappa shape index (κ2) is 4.00. The van der Waals surface area contributed by atoms with Crippen LogP contribution in [0, 0.1) is 18.6 Å². The van der Waals surface area contributed by atoms with E-state index < -0.39 is 17.6 Å². The molecule has 0 unspecified atom stereocenters. The van der Waals surface area contributed by atoms with Gasteiger partial charge in [-0.25, -0.2) is 13.6 Å². The molecule has 0 bridgehead atoms. The van der Waals surface area contributed by atoms with Gasteiger partial charge in [0.2, 0.25) is 0 Å². The molecule has 4 heteroatoms. The molecule has 0 saturated carbocycles. The number of benzene rings is 1. The second-order valence-electron chi connectivity index (χ2n) is 2.75. The van der Waals surface area contributed by atoms with Crippen LogP contribution in [0.2, 0.25) is 0 Å². The summed E-state index contributed by atoms with van der Waals surface area (Å²) in [6.45, 7) is 1.29. The lowest BCUT2D eigenvalue weighted by Crippen LogP contribution is -1.93. The van der Waals surface area contributed by atoms with Gasteiger partial charge in [-0.2, -0.15) is 0 Å². The zero-order chi connectivity index (χ0) is 10.7. The first-order chi connectivity index (χ1) is 6.52. The van der Waals surface area contributed by atoms with E-state index in [0.29, 0.717) is 0 Å². The maximum atomic E-state index is 13.2. The molecule has 0 spiro atoms. The van der Waals surface area contributed by atoms with Crippen molar-refractivity contribution < 1.29 is 18.7 Å². The van der Waals surface area contributed by atoms with E-state index in [9.17, 15) is 13.6 Å². The van der Waals surface area contributed by atoms with Gasteiger partial charge in [0.05, 0.1) is 0 Å². The van der Waals surface area contributed by atoms with E-state index in [-0.39, 0.29) is 11.1 Å². The van der Waals surface area contributed by atoms with Gasteiger partial charge in [0, 0.05) is 17.2 Å². The number of halogens is 2. The van der Waals surface area contributed by atoms with E-state index in [4.69, 9.17) is 5.11 Å². The summed E-state index contributed by atoms with van der Waals surface area (Å²) in [7, 11) is 0. The number of carboxylic acid groups (broad SMARTS) is 1. The van der Waals surface area contributed by atoms with Gasteiger partial charge in [-0.1, -0.05) is 0 Å². The predicted molar refractivity (Wildman–Crippen MR) is 47.8 cm³/mol. The van der Waals surface area contributed by atoms with Crippen molar-refractivity contribution in [1.29, 1.82) is 0 Å². The third-order valence-electron chi connectivity index (χ3n) is 1.76. The lowest BCUT2D eigenvalue weighted by molar-refractivity contribution is -0.131. The highest BCUT2D eigenvalue weighted by Crippen LogP contribution is 2.16. The van der Waals surface area contributed by atoms with Crippen molar-refractivity contribution >= 4 is 12.0 Å². The van der Waals surface area contributed by atoms with Crippen molar-refractivity contribution in [2.75, 3.05) is 0 Å². The Morgan fingerprint density at radius 3 is 2.64 bits per heavy atom. The SMILES string of the molecule is Cc1c(F)ccc(/C=C/C(=O)O)c1F. The summed E-state index contributed by atoms with van der Waals surface area (Å²) in [6.07, 6.45) is 1.89. The third kappa shape index (κ3) is 2.16. The van der Waals surface area contributed by atoms with Crippen LogP contribution in [0.15, 0.2) is 18.2 Å². The fraction of sp³-hybridized carbons (Fsp3) is 0.100. The molecule has 0 aliphatic rings. The highest BCUT2D eigenvalue weighted by molar-refractivity contribution is 5.85. The van der Waals surface area contributed by atoms with Crippen molar-refractivity contribution in [1.82, 2.24) is 0 Å². The summed E-state index contributed by atoms with van der Waals surface area (Å²) < 4.78 is 26.0. The number of aliphatic carboxylic acids is 1. The van der Waals surface area contributed by atoms with Gasteiger partial charge in [-0.3, -0.25) is 0 Å². The van der Waals surface area contributed by atoms with Crippen LogP contribution in [0.5, 0.6) is 0 Å². The smallest absolute Gasteiger partial charge is 0.328 e. The summed E-state index contributed by atoms with van der Waals surface area (Å²) in [5.74, 6) is -2.55. The van der Waals surface area contributed by atoms with Crippen LogP contribution in [-0.2, 0) is 4.79 Å². The van der Waals surface area contributed by atoms with Gasteiger partial charge >= 0.3 is 5.97 Å². The van der Waals surface area contributed by atoms with Crippen LogP contribution in [0.1, 0.15) is 11.1 Å². The number of hydrogen-bond acceptors (Lipinski definition) is 1. The monoisotopic (exact) mass is 198 g/mol. The summed E-state index contributed by atoms with van der Waals surface area (Å²) in [5.41, 5.74) is -0.0520. The summed E-state index contributed by atoms with van der Waals surface area (Å²) in [5, 5.41) is 8.31. The number of hydrogen-bond donors (Lipinski definition) is 1. The first-order valence-corrected chi connectivity index (χ1v) is 3.88. The Kier molecular flexibility index (Phi) is 2.96. The molecule has 2 nitrogen and oxygen atoms in total. The van der Waals surface area contributed by atoms with Gasteiger partial charge in [-0.15, -0.1) is 0 Å². The largest absolute Gasteiger partial charge is 0.478 e. The molecule has 0 heterocycles. The van der Waals surface area contributed by atoms with E-state index in [2.05, 4.69) is 0 Å². The lowest BCUT2D eigenvalue weighted by atomic mass is 10.1. The molecule has 0 radical (unpaired) electrons. The van der Waals surface area contributed by atoms with Gasteiger partial charge in [0.25, 0.3) is 0 Å². The van der Waals surface area contributed by atoms with Crippen molar-refractivity contribution in [3.63, 3.8) is 0 Å². The molecule has 0 amide bonds. The first kappa shape index (κ1) is 10.4. The van der Waals surface area contributed by atoms with Gasteiger partial charge in [0.15, 0.2) is 0 Å². The minimum atomic E-state index is -1.17. The average molecular weight is 198 g/mol. The average Bonchev–Trinajstić information content (AvgIpc) is 2.13. The van der Waals surface area contributed by atoms with E-state index in [0.717, 1.165) is 18.2 Å². The Bertz CT molecular complexity index is 397. The maximum Gasteiger partial charge on any atom is 0.328 e. The van der Waals surface area contributed by atoms with E-state index >= 15 is 0 Å². The van der Waals surface area contributed by atoms with Gasteiger partial charge in [-0.05, 0) is 25.1 Å². The number of carboxylic acids is 1. The van der Waals surface area contributed by atoms with Crippen LogP contribution >= 0.6 is 0 Å².